The molecule has 19 heavy (non-hydrogen) atoms. The molecule has 108 valence electrons. The smallest absolute Gasteiger partial charge is 0.329 e. The number of nitrogens with two attached hydrogens (primary N) is 1. The first-order valence-electron chi connectivity index (χ1n) is 6.44. The number of aliphatic carboxylic acids is 1. The van der Waals surface area contributed by atoms with Crippen LogP contribution in [0, 0.1) is 5.41 Å². The lowest BCUT2D eigenvalue weighted by Gasteiger charge is -2.52. The Morgan fingerprint density at radius 2 is 2.05 bits per heavy atom. The highest BCUT2D eigenvalue weighted by Gasteiger charge is 2.51. The number of ether oxygens (including phenoxy) is 2. The molecule has 0 atom stereocenters. The van der Waals surface area contributed by atoms with Gasteiger partial charge in [-0.3, -0.25) is 0 Å². The second-order valence-electron chi connectivity index (χ2n) is 5.46. The van der Waals surface area contributed by atoms with E-state index in [1.54, 1.807) is 0 Å². The number of hydrogen-bond acceptors (Lipinski definition) is 5. The molecule has 7 nitrogen and oxygen atoms in total. The number of oxime groups is 1. The number of nitrogens with zero attached hydrogens (tertiary/aromatic N) is 1. The van der Waals surface area contributed by atoms with E-state index in [4.69, 9.17) is 25.5 Å². The van der Waals surface area contributed by atoms with Crippen LogP contribution in [-0.2, 0) is 14.3 Å². The van der Waals surface area contributed by atoms with Crippen LogP contribution in [-0.4, -0.2) is 47.5 Å². The Hall–Kier alpha value is -1.34. The summed E-state index contributed by atoms with van der Waals surface area (Å²) in [6, 6.07) is 0. The average Bonchev–Trinajstić information content (AvgIpc) is 2.44. The summed E-state index contributed by atoms with van der Waals surface area (Å²) in [6.45, 7) is 0.719. The summed E-state index contributed by atoms with van der Waals surface area (Å²) in [7, 11) is 0. The monoisotopic (exact) mass is 272 g/mol. The van der Waals surface area contributed by atoms with Crippen molar-refractivity contribution in [2.45, 2.75) is 37.7 Å². The third-order valence-corrected chi connectivity index (χ3v) is 4.35. The van der Waals surface area contributed by atoms with Crippen LogP contribution >= 0.6 is 0 Å². The molecule has 0 amide bonds. The van der Waals surface area contributed by atoms with Crippen molar-refractivity contribution in [1.82, 2.24) is 0 Å². The van der Waals surface area contributed by atoms with E-state index < -0.39 is 11.6 Å². The maximum Gasteiger partial charge on any atom is 0.329 e. The zero-order valence-electron chi connectivity index (χ0n) is 10.8. The van der Waals surface area contributed by atoms with E-state index in [1.165, 1.54) is 0 Å². The first kappa shape index (κ1) is 14.1. The summed E-state index contributed by atoms with van der Waals surface area (Å²) in [4.78, 5) is 10.4. The Bertz CT molecular complexity index is 358. The largest absolute Gasteiger partial charge is 0.480 e. The molecular weight excluding hydrogens is 252 g/mol. The summed E-state index contributed by atoms with van der Waals surface area (Å²) in [5, 5.41) is 20.4. The van der Waals surface area contributed by atoms with Gasteiger partial charge in [-0.15, -0.1) is 0 Å². The number of hydrogen-bond donors (Lipinski definition) is 3. The van der Waals surface area contributed by atoms with E-state index in [0.717, 1.165) is 32.1 Å². The molecule has 0 spiro atoms. The maximum atomic E-state index is 10.4. The zero-order chi connectivity index (χ0) is 13.9. The van der Waals surface area contributed by atoms with E-state index in [-0.39, 0.29) is 17.9 Å². The summed E-state index contributed by atoms with van der Waals surface area (Å²) in [6.07, 6.45) is 4.12. The average molecular weight is 272 g/mol. The minimum Gasteiger partial charge on any atom is -0.480 e. The van der Waals surface area contributed by atoms with Gasteiger partial charge in [-0.1, -0.05) is 5.16 Å². The summed E-state index contributed by atoms with van der Waals surface area (Å²) in [5.41, 5.74) is 5.15. The fourth-order valence-electron chi connectivity index (χ4n) is 2.96. The van der Waals surface area contributed by atoms with E-state index in [9.17, 15) is 4.79 Å². The lowest BCUT2D eigenvalue weighted by molar-refractivity contribution is -0.157. The number of rotatable bonds is 6. The van der Waals surface area contributed by atoms with Crippen LogP contribution in [0.3, 0.4) is 0 Å². The quantitative estimate of drug-likeness (QED) is 0.214. The third-order valence-electron chi connectivity index (χ3n) is 4.35. The van der Waals surface area contributed by atoms with Crippen LogP contribution in [0.15, 0.2) is 5.16 Å². The van der Waals surface area contributed by atoms with Gasteiger partial charge in [-0.2, -0.15) is 0 Å². The number of fused-ring (bicyclic) bond motifs is 3. The Labute approximate surface area is 111 Å². The van der Waals surface area contributed by atoms with Crippen LogP contribution in [0.4, 0.5) is 0 Å². The fourth-order valence-corrected chi connectivity index (χ4v) is 2.96. The van der Waals surface area contributed by atoms with Gasteiger partial charge in [0, 0.05) is 6.61 Å². The van der Waals surface area contributed by atoms with Crippen LogP contribution < -0.4 is 5.73 Å². The topological polar surface area (TPSA) is 114 Å². The molecule has 0 unspecified atom stereocenters. The lowest BCUT2D eigenvalue weighted by Crippen LogP contribution is -2.57. The van der Waals surface area contributed by atoms with Crippen molar-refractivity contribution in [2.75, 3.05) is 19.8 Å². The van der Waals surface area contributed by atoms with Gasteiger partial charge in [-0.05, 0) is 37.5 Å². The molecule has 2 aliphatic heterocycles. The number of carboxylic acids is 1. The van der Waals surface area contributed by atoms with Gasteiger partial charge in [0.15, 0.2) is 5.84 Å². The van der Waals surface area contributed by atoms with E-state index >= 15 is 0 Å². The maximum absolute atomic E-state index is 10.4. The molecule has 1 saturated carbocycles. The van der Waals surface area contributed by atoms with Crippen LogP contribution in [0.1, 0.15) is 32.1 Å². The normalized spacial score (nSPS) is 34.4. The molecule has 0 aromatic heterocycles. The number of carbonyl (C=O) groups is 1. The van der Waals surface area contributed by atoms with Crippen LogP contribution in [0.5, 0.6) is 0 Å². The van der Waals surface area contributed by atoms with Gasteiger partial charge in [0.1, 0.15) is 12.2 Å². The van der Waals surface area contributed by atoms with E-state index in [0.29, 0.717) is 13.2 Å². The van der Waals surface area contributed by atoms with Gasteiger partial charge < -0.3 is 25.5 Å². The van der Waals surface area contributed by atoms with Crippen LogP contribution in [0.2, 0.25) is 0 Å². The second kappa shape index (κ2) is 5.34. The Morgan fingerprint density at radius 1 is 1.37 bits per heavy atom. The first-order chi connectivity index (χ1) is 9.02. The van der Waals surface area contributed by atoms with Gasteiger partial charge in [-0.25, -0.2) is 4.79 Å². The molecule has 2 bridgehead atoms. The molecule has 0 radical (unpaired) electrons. The van der Waals surface area contributed by atoms with Crippen molar-refractivity contribution >= 4 is 11.8 Å². The predicted octanol–water partition coefficient (Wildman–Crippen LogP) is 0.553. The minimum absolute atomic E-state index is 0.0516. The molecule has 4 N–H and O–H groups in total. The van der Waals surface area contributed by atoms with E-state index in [2.05, 4.69) is 5.16 Å². The highest BCUT2D eigenvalue weighted by Crippen LogP contribution is 2.50. The molecule has 3 fully saturated rings. The number of amidine groups is 1. The molecule has 2 saturated heterocycles. The molecule has 3 aliphatic rings. The second-order valence-corrected chi connectivity index (χ2v) is 5.46. The van der Waals surface area contributed by atoms with Crippen molar-refractivity contribution in [3.8, 4) is 0 Å². The zero-order valence-corrected chi connectivity index (χ0v) is 10.8. The Morgan fingerprint density at radius 3 is 2.53 bits per heavy atom. The van der Waals surface area contributed by atoms with Crippen molar-refractivity contribution in [2.24, 2.45) is 16.3 Å². The Balaban J connectivity index is 1.85. The first-order valence-corrected chi connectivity index (χ1v) is 6.44. The highest BCUT2D eigenvalue weighted by atomic mass is 16.5. The highest BCUT2D eigenvalue weighted by molar-refractivity contribution is 5.88. The summed E-state index contributed by atoms with van der Waals surface area (Å²) < 4.78 is 10.9. The van der Waals surface area contributed by atoms with Crippen molar-refractivity contribution in [1.29, 1.82) is 0 Å². The molecule has 3 rings (SSSR count). The SMILES string of the molecule is N/C(=N\O)C12CCC(CCOCC(=O)O)(CC1)CO2. The number of carboxylic acid groups (broad SMARTS) is 1. The summed E-state index contributed by atoms with van der Waals surface area (Å²) in [5.74, 6) is -0.796. The van der Waals surface area contributed by atoms with Gasteiger partial charge in [0.2, 0.25) is 0 Å². The standard InChI is InChI=1S/C12H20N2O5/c13-10(14-17)12-3-1-11(2-4-12,8-19-12)5-6-18-7-9(15)16/h17H,1-8H2,(H2,13,14)(H,15,16). The van der Waals surface area contributed by atoms with Gasteiger partial charge >= 0.3 is 5.97 Å². The summed E-state index contributed by atoms with van der Waals surface area (Å²) >= 11 is 0. The van der Waals surface area contributed by atoms with Crippen molar-refractivity contribution < 1.29 is 24.6 Å². The van der Waals surface area contributed by atoms with Gasteiger partial charge in [0.05, 0.1) is 6.61 Å². The molecular formula is C12H20N2O5. The Kier molecular flexibility index (Phi) is 3.96. The molecule has 1 aliphatic carbocycles. The van der Waals surface area contributed by atoms with Crippen LogP contribution in [0.25, 0.3) is 0 Å². The molecule has 2 heterocycles. The lowest BCUT2D eigenvalue weighted by atomic mass is 9.64. The van der Waals surface area contributed by atoms with Gasteiger partial charge in [0.25, 0.3) is 0 Å². The predicted molar refractivity (Wildman–Crippen MR) is 66.1 cm³/mol. The molecule has 7 heteroatoms. The fraction of sp³-hybridized carbons (Fsp3) is 0.833. The van der Waals surface area contributed by atoms with Crippen molar-refractivity contribution in [3.05, 3.63) is 0 Å². The minimum atomic E-state index is -0.952. The van der Waals surface area contributed by atoms with Crippen molar-refractivity contribution in [3.63, 3.8) is 0 Å². The molecule has 0 aromatic rings. The van der Waals surface area contributed by atoms with E-state index in [1.807, 2.05) is 0 Å². The molecule has 0 aromatic carbocycles. The third kappa shape index (κ3) is 2.82.